The predicted molar refractivity (Wildman–Crippen MR) is 218 cm³/mol. The van der Waals surface area contributed by atoms with Crippen LogP contribution in [0.1, 0.15) is 42.1 Å². The van der Waals surface area contributed by atoms with Crippen molar-refractivity contribution < 1.29 is 43.5 Å². The van der Waals surface area contributed by atoms with Gasteiger partial charge in [0.05, 0.1) is 39.0 Å². The number of likely N-dealkylation sites (tertiary alicyclic amines) is 1. The van der Waals surface area contributed by atoms with Gasteiger partial charge in [-0.3, -0.25) is 4.79 Å². The molecule has 6 rings (SSSR count). The zero-order valence-corrected chi connectivity index (χ0v) is 33.7. The molecule has 0 bridgehead atoms. The van der Waals surface area contributed by atoms with Gasteiger partial charge in [-0.15, -0.1) is 0 Å². The van der Waals surface area contributed by atoms with Gasteiger partial charge in [0, 0.05) is 74.0 Å². The Morgan fingerprint density at radius 2 is 1.54 bits per heavy atom. The second-order valence-electron chi connectivity index (χ2n) is 13.9. The molecular weight excluding hydrogens is 754 g/mol. The molecule has 0 radical (unpaired) electrons. The number of imidazole rings is 1. The average Bonchev–Trinajstić information content (AvgIpc) is 3.73. The monoisotopic (exact) mass is 805 g/mol. The molecule has 0 aliphatic carbocycles. The summed E-state index contributed by atoms with van der Waals surface area (Å²) in [5, 5.41) is 16.3. The molecule has 3 heterocycles. The minimum atomic E-state index is -1.26. The molecule has 2 fully saturated rings. The van der Waals surface area contributed by atoms with Crippen molar-refractivity contribution in [3.05, 3.63) is 89.0 Å². The number of para-hydroxylation sites is 2. The van der Waals surface area contributed by atoms with Crippen LogP contribution < -0.4 is 19.1 Å². The molecular formula is C42H52ClN5O9. The van der Waals surface area contributed by atoms with Crippen molar-refractivity contribution in [1.29, 1.82) is 0 Å². The number of benzene rings is 3. The van der Waals surface area contributed by atoms with Gasteiger partial charge in [-0.25, -0.2) is 14.6 Å². The largest absolute Gasteiger partial charge is 0.493 e. The topological polar surface area (TPSA) is 156 Å². The van der Waals surface area contributed by atoms with E-state index in [9.17, 15) is 14.4 Å². The summed E-state index contributed by atoms with van der Waals surface area (Å²) in [6.07, 6.45) is 3.97. The summed E-state index contributed by atoms with van der Waals surface area (Å²) in [6.45, 7) is 10.2. The number of carbonyl (C=O) groups excluding carboxylic acids is 1. The van der Waals surface area contributed by atoms with Crippen molar-refractivity contribution in [2.24, 2.45) is 0 Å². The number of anilines is 1. The number of fused-ring (bicyclic) bond motifs is 1. The van der Waals surface area contributed by atoms with Crippen LogP contribution in [0.15, 0.2) is 72.8 Å². The fourth-order valence-corrected chi connectivity index (χ4v) is 7.68. The fourth-order valence-electron chi connectivity index (χ4n) is 7.55. The first-order chi connectivity index (χ1) is 27.5. The van der Waals surface area contributed by atoms with Crippen LogP contribution in [-0.2, 0) is 26.3 Å². The lowest BCUT2D eigenvalue weighted by molar-refractivity contribution is -0.134. The van der Waals surface area contributed by atoms with E-state index in [2.05, 4.69) is 50.8 Å². The molecule has 306 valence electrons. The molecule has 1 aromatic heterocycles. The second-order valence-corrected chi connectivity index (χ2v) is 14.3. The highest BCUT2D eigenvalue weighted by atomic mass is 35.5. The summed E-state index contributed by atoms with van der Waals surface area (Å²) in [5.41, 5.74) is 3.71. The molecule has 2 saturated heterocycles. The molecule has 15 heteroatoms. The number of aromatic nitrogens is 2. The number of hydrogen-bond acceptors (Lipinski definition) is 10. The molecule has 0 spiro atoms. The van der Waals surface area contributed by atoms with Crippen LogP contribution in [0.3, 0.4) is 0 Å². The number of ether oxygens (including phenoxy) is 4. The van der Waals surface area contributed by atoms with E-state index >= 15 is 0 Å². The van der Waals surface area contributed by atoms with Crippen LogP contribution in [0.4, 0.5) is 5.95 Å². The zero-order valence-electron chi connectivity index (χ0n) is 33.0. The quantitative estimate of drug-likeness (QED) is 0.109. The van der Waals surface area contributed by atoms with E-state index in [4.69, 9.17) is 45.7 Å². The number of carboxylic acids is 2. The average molecular weight is 806 g/mol. The van der Waals surface area contributed by atoms with E-state index in [0.29, 0.717) is 66.3 Å². The van der Waals surface area contributed by atoms with E-state index in [1.807, 2.05) is 24.0 Å². The summed E-state index contributed by atoms with van der Waals surface area (Å²) in [6, 6.07) is 20.0. The maximum absolute atomic E-state index is 14.0. The Morgan fingerprint density at radius 1 is 0.860 bits per heavy atom. The second kappa shape index (κ2) is 20.2. The fraction of sp³-hybridized carbons (Fsp3) is 0.429. The van der Waals surface area contributed by atoms with E-state index in [1.54, 1.807) is 33.5 Å². The molecule has 1 amide bonds. The van der Waals surface area contributed by atoms with Crippen LogP contribution in [0, 0.1) is 0 Å². The minimum Gasteiger partial charge on any atom is -0.493 e. The molecule has 1 atom stereocenters. The molecule has 14 nitrogen and oxygen atoms in total. The van der Waals surface area contributed by atoms with Crippen molar-refractivity contribution >= 4 is 46.4 Å². The first-order valence-electron chi connectivity index (χ1n) is 19.0. The number of amides is 1. The highest BCUT2D eigenvalue weighted by Crippen LogP contribution is 2.42. The number of methoxy groups -OCH3 is 3. The molecule has 3 aromatic carbocycles. The lowest BCUT2D eigenvalue weighted by Gasteiger charge is -2.33. The number of halogens is 1. The van der Waals surface area contributed by atoms with Gasteiger partial charge in [-0.2, -0.15) is 0 Å². The number of rotatable bonds is 15. The maximum Gasteiger partial charge on any atom is 0.328 e. The van der Waals surface area contributed by atoms with Crippen LogP contribution in [0.2, 0.25) is 5.02 Å². The minimum absolute atomic E-state index is 0.0484. The highest BCUT2D eigenvalue weighted by Gasteiger charge is 2.42. The normalized spacial score (nSPS) is 17.3. The Kier molecular flexibility index (Phi) is 15.2. The van der Waals surface area contributed by atoms with E-state index in [-0.39, 0.29) is 11.3 Å². The van der Waals surface area contributed by atoms with Crippen LogP contribution in [0.5, 0.6) is 17.2 Å². The maximum atomic E-state index is 14.0. The highest BCUT2D eigenvalue weighted by molar-refractivity contribution is 6.30. The zero-order chi connectivity index (χ0) is 41.0. The Balaban J connectivity index is 0.000000701. The first kappa shape index (κ1) is 42.8. The van der Waals surface area contributed by atoms with Gasteiger partial charge in [0.1, 0.15) is 0 Å². The summed E-state index contributed by atoms with van der Waals surface area (Å²) >= 11 is 6.33. The summed E-state index contributed by atoms with van der Waals surface area (Å²) in [5.74, 6) is -0.135. The number of hydrogen-bond donors (Lipinski definition) is 2. The van der Waals surface area contributed by atoms with Crippen molar-refractivity contribution in [3.63, 3.8) is 0 Å². The standard InChI is InChI=1S/C38H48ClN5O5.C4H4O4/c1-5-49-24-23-44-32-10-7-6-9-31(32)40-37(44)42-18-8-17-41(21-22-42)19-15-38(29-11-13-30(39)14-12-29)16-20-43(27-38)36(45)28-25-33(46-2)35(48-4)34(26-28)47-3;5-3(6)1-2-4(7)8/h6-7,9-14,25-26H,5,8,15-24,27H2,1-4H3;1-2H,(H,5,6)(H,7,8)/b;2-1+. The number of carboxylic acid groups (broad SMARTS) is 2. The Labute approximate surface area is 338 Å². The number of carbonyl (C=O) groups is 3. The lowest BCUT2D eigenvalue weighted by Crippen LogP contribution is -2.39. The third-order valence-corrected chi connectivity index (χ3v) is 10.7. The van der Waals surface area contributed by atoms with Gasteiger partial charge in [-0.05, 0) is 81.2 Å². The van der Waals surface area contributed by atoms with Gasteiger partial charge in [0.2, 0.25) is 11.7 Å². The van der Waals surface area contributed by atoms with Crippen molar-refractivity contribution in [2.45, 2.75) is 38.1 Å². The van der Waals surface area contributed by atoms with Gasteiger partial charge in [0.15, 0.2) is 11.5 Å². The SMILES string of the molecule is CCOCCn1c(N2CCCN(CCC3(c4ccc(Cl)cc4)CCN(C(=O)c4cc(OC)c(OC)c(OC)c4)C3)CC2)nc2ccccc21.O=C(O)/C=C/C(=O)O. The van der Waals surface area contributed by atoms with Gasteiger partial charge < -0.3 is 48.4 Å². The van der Waals surface area contributed by atoms with Gasteiger partial charge in [-0.1, -0.05) is 35.9 Å². The summed E-state index contributed by atoms with van der Waals surface area (Å²) in [4.78, 5) is 45.1. The smallest absolute Gasteiger partial charge is 0.328 e. The molecule has 1 unspecified atom stereocenters. The molecule has 2 aliphatic heterocycles. The molecule has 2 aliphatic rings. The Hall–Kier alpha value is -5.31. The van der Waals surface area contributed by atoms with Crippen LogP contribution in [0.25, 0.3) is 11.0 Å². The van der Waals surface area contributed by atoms with Crippen LogP contribution in [-0.4, -0.2) is 128 Å². The molecule has 0 saturated carbocycles. The van der Waals surface area contributed by atoms with Crippen molar-refractivity contribution in [1.82, 2.24) is 19.4 Å². The summed E-state index contributed by atoms with van der Waals surface area (Å²) in [7, 11) is 4.69. The van der Waals surface area contributed by atoms with E-state index in [0.717, 1.165) is 75.5 Å². The third-order valence-electron chi connectivity index (χ3n) is 10.5. The predicted octanol–water partition coefficient (Wildman–Crippen LogP) is 5.85. The summed E-state index contributed by atoms with van der Waals surface area (Å²) < 4.78 is 24.6. The van der Waals surface area contributed by atoms with E-state index in [1.165, 1.54) is 5.56 Å². The Bertz CT molecular complexity index is 1980. The van der Waals surface area contributed by atoms with Gasteiger partial charge in [0.25, 0.3) is 5.91 Å². The molecule has 57 heavy (non-hydrogen) atoms. The number of nitrogens with zero attached hydrogens (tertiary/aromatic N) is 5. The van der Waals surface area contributed by atoms with Crippen molar-refractivity contribution in [2.75, 3.05) is 85.3 Å². The number of aliphatic carboxylic acids is 2. The first-order valence-corrected chi connectivity index (χ1v) is 19.4. The van der Waals surface area contributed by atoms with Crippen LogP contribution >= 0.6 is 11.6 Å². The van der Waals surface area contributed by atoms with Gasteiger partial charge >= 0.3 is 11.9 Å². The third kappa shape index (κ3) is 10.8. The molecule has 4 aromatic rings. The van der Waals surface area contributed by atoms with E-state index < -0.39 is 11.9 Å². The molecule has 2 N–H and O–H groups in total. The lowest BCUT2D eigenvalue weighted by atomic mass is 9.76. The Morgan fingerprint density at radius 3 is 2.18 bits per heavy atom. The van der Waals surface area contributed by atoms with Crippen molar-refractivity contribution in [3.8, 4) is 17.2 Å².